The molecule has 0 spiro atoms. The van der Waals surface area contributed by atoms with Gasteiger partial charge in [0.1, 0.15) is 5.82 Å². The Hall–Kier alpha value is -2.21. The van der Waals surface area contributed by atoms with E-state index in [1.807, 2.05) is 17.8 Å². The fourth-order valence-electron chi connectivity index (χ4n) is 1.73. The molecule has 2 aromatic heterocycles. The fraction of sp³-hybridized carbons (Fsp3) is 0.308. The van der Waals surface area contributed by atoms with E-state index in [-0.39, 0.29) is 5.97 Å². The molecule has 6 heteroatoms. The third-order valence-corrected chi connectivity index (χ3v) is 2.79. The molecule has 0 aromatic carbocycles. The summed E-state index contributed by atoms with van der Waals surface area (Å²) in [7, 11) is 3.30. The summed E-state index contributed by atoms with van der Waals surface area (Å²) in [6.45, 7) is 1.10. The summed E-state index contributed by atoms with van der Waals surface area (Å²) < 4.78 is 6.66. The van der Waals surface area contributed by atoms with Crippen LogP contribution in [0.1, 0.15) is 21.9 Å². The maximum Gasteiger partial charge on any atom is 0.339 e. The lowest BCUT2D eigenvalue weighted by Crippen LogP contribution is -2.19. The number of nitrogens with one attached hydrogen (secondary N) is 1. The largest absolute Gasteiger partial charge is 0.465 e. The molecule has 0 atom stereocenters. The Bertz CT molecular complexity index is 565. The van der Waals surface area contributed by atoms with Crippen molar-refractivity contribution in [2.24, 2.45) is 7.05 Å². The quantitative estimate of drug-likeness (QED) is 0.809. The second-order valence-electron chi connectivity index (χ2n) is 4.05. The minimum absolute atomic E-state index is 0.373. The Balaban J connectivity index is 2.00. The highest BCUT2D eigenvalue weighted by atomic mass is 16.5. The van der Waals surface area contributed by atoms with Gasteiger partial charge in [0, 0.05) is 32.2 Å². The summed E-state index contributed by atoms with van der Waals surface area (Å²) in [5.74, 6) is 0.553. The molecule has 2 heterocycles. The molecule has 0 unspecified atom stereocenters. The van der Waals surface area contributed by atoms with Gasteiger partial charge in [-0.15, -0.1) is 0 Å². The normalized spacial score (nSPS) is 10.4. The molecular formula is C13H16N4O2. The number of rotatable bonds is 5. The molecule has 0 aliphatic carbocycles. The first kappa shape index (κ1) is 13.2. The third-order valence-electron chi connectivity index (χ3n) is 2.79. The van der Waals surface area contributed by atoms with Gasteiger partial charge in [-0.1, -0.05) is 0 Å². The molecule has 2 rings (SSSR count). The Morgan fingerprint density at radius 3 is 2.89 bits per heavy atom. The van der Waals surface area contributed by atoms with Crippen LogP contribution in [0, 0.1) is 0 Å². The summed E-state index contributed by atoms with van der Waals surface area (Å²) in [6.07, 6.45) is 5.29. The maximum atomic E-state index is 11.6. The zero-order valence-corrected chi connectivity index (χ0v) is 11.0. The molecule has 0 amide bonds. The average Bonchev–Trinajstić information content (AvgIpc) is 2.84. The van der Waals surface area contributed by atoms with E-state index in [1.54, 1.807) is 24.5 Å². The number of esters is 1. The van der Waals surface area contributed by atoms with Crippen LogP contribution in [0.4, 0.5) is 0 Å². The molecule has 0 fully saturated rings. The van der Waals surface area contributed by atoms with Gasteiger partial charge in [0.05, 0.1) is 24.9 Å². The van der Waals surface area contributed by atoms with Crippen molar-refractivity contribution in [3.05, 3.63) is 47.8 Å². The standard InChI is InChI=1S/C13H16N4O2/c1-17-7-6-16-12(17)9-14-8-11-10(13(18)19-2)4-3-5-15-11/h3-7,14H,8-9H2,1-2H3. The molecule has 0 aliphatic heterocycles. The van der Waals surface area contributed by atoms with E-state index in [2.05, 4.69) is 15.3 Å². The first-order chi connectivity index (χ1) is 9.22. The first-order valence-electron chi connectivity index (χ1n) is 5.91. The van der Waals surface area contributed by atoms with E-state index in [0.29, 0.717) is 24.3 Å². The summed E-state index contributed by atoms with van der Waals surface area (Å²) in [6, 6.07) is 3.42. The van der Waals surface area contributed by atoms with Crippen LogP contribution in [0.2, 0.25) is 0 Å². The topological polar surface area (TPSA) is 69.0 Å². The monoisotopic (exact) mass is 260 g/mol. The fourth-order valence-corrected chi connectivity index (χ4v) is 1.73. The number of nitrogens with zero attached hydrogens (tertiary/aromatic N) is 3. The molecule has 1 N–H and O–H groups in total. The van der Waals surface area contributed by atoms with E-state index in [4.69, 9.17) is 4.74 Å². The lowest BCUT2D eigenvalue weighted by atomic mass is 10.2. The molecule has 2 aromatic rings. The summed E-state index contributed by atoms with van der Waals surface area (Å²) in [5.41, 5.74) is 1.15. The van der Waals surface area contributed by atoms with Gasteiger partial charge in [-0.3, -0.25) is 4.98 Å². The van der Waals surface area contributed by atoms with Gasteiger partial charge < -0.3 is 14.6 Å². The first-order valence-corrected chi connectivity index (χ1v) is 5.91. The van der Waals surface area contributed by atoms with Gasteiger partial charge in [0.25, 0.3) is 0 Å². The van der Waals surface area contributed by atoms with E-state index >= 15 is 0 Å². The molecule has 0 saturated heterocycles. The van der Waals surface area contributed by atoms with Crippen LogP contribution in [0.25, 0.3) is 0 Å². The Labute approximate surface area is 111 Å². The van der Waals surface area contributed by atoms with Crippen LogP contribution in [-0.2, 0) is 24.9 Å². The Morgan fingerprint density at radius 1 is 1.37 bits per heavy atom. The van der Waals surface area contributed by atoms with Crippen LogP contribution >= 0.6 is 0 Å². The Kier molecular flexibility index (Phi) is 4.25. The van der Waals surface area contributed by atoms with E-state index < -0.39 is 0 Å². The number of aryl methyl sites for hydroxylation is 1. The number of hydrogen-bond acceptors (Lipinski definition) is 5. The van der Waals surface area contributed by atoms with Crippen molar-refractivity contribution in [1.82, 2.24) is 19.9 Å². The zero-order valence-electron chi connectivity index (χ0n) is 11.0. The predicted molar refractivity (Wildman–Crippen MR) is 69.3 cm³/mol. The highest BCUT2D eigenvalue weighted by Gasteiger charge is 2.11. The van der Waals surface area contributed by atoms with Crippen molar-refractivity contribution >= 4 is 5.97 Å². The van der Waals surface area contributed by atoms with E-state index in [9.17, 15) is 4.79 Å². The lowest BCUT2D eigenvalue weighted by Gasteiger charge is -2.08. The zero-order chi connectivity index (χ0) is 13.7. The SMILES string of the molecule is COC(=O)c1cccnc1CNCc1nccn1C. The molecular weight excluding hydrogens is 244 g/mol. The Morgan fingerprint density at radius 2 is 2.21 bits per heavy atom. The van der Waals surface area contributed by atoms with Gasteiger partial charge in [-0.25, -0.2) is 9.78 Å². The third kappa shape index (κ3) is 3.17. The van der Waals surface area contributed by atoms with Gasteiger partial charge in [0.2, 0.25) is 0 Å². The van der Waals surface area contributed by atoms with Crippen LogP contribution in [0.15, 0.2) is 30.7 Å². The molecule has 0 bridgehead atoms. The van der Waals surface area contributed by atoms with Crippen molar-refractivity contribution in [3.8, 4) is 0 Å². The summed E-state index contributed by atoms with van der Waals surface area (Å²) >= 11 is 0. The number of imidazole rings is 1. The summed E-state index contributed by atoms with van der Waals surface area (Å²) in [5, 5.41) is 3.21. The highest BCUT2D eigenvalue weighted by Crippen LogP contribution is 2.07. The maximum absolute atomic E-state index is 11.6. The smallest absolute Gasteiger partial charge is 0.339 e. The van der Waals surface area contributed by atoms with Crippen molar-refractivity contribution < 1.29 is 9.53 Å². The summed E-state index contributed by atoms with van der Waals surface area (Å²) in [4.78, 5) is 20.0. The predicted octanol–water partition coefficient (Wildman–Crippen LogP) is 0.891. The second kappa shape index (κ2) is 6.10. The van der Waals surface area contributed by atoms with Crippen molar-refractivity contribution in [2.45, 2.75) is 13.1 Å². The lowest BCUT2D eigenvalue weighted by molar-refractivity contribution is 0.0598. The molecule has 0 saturated carbocycles. The van der Waals surface area contributed by atoms with Crippen molar-refractivity contribution in [3.63, 3.8) is 0 Å². The second-order valence-corrected chi connectivity index (χ2v) is 4.05. The number of ether oxygens (including phenoxy) is 1. The molecule has 0 aliphatic rings. The number of pyridine rings is 1. The van der Waals surface area contributed by atoms with Crippen molar-refractivity contribution in [1.29, 1.82) is 0 Å². The molecule has 0 radical (unpaired) electrons. The van der Waals surface area contributed by atoms with Gasteiger partial charge in [-0.05, 0) is 12.1 Å². The minimum Gasteiger partial charge on any atom is -0.465 e. The number of aromatic nitrogens is 3. The number of methoxy groups -OCH3 is 1. The minimum atomic E-state index is -0.373. The average molecular weight is 260 g/mol. The molecule has 19 heavy (non-hydrogen) atoms. The van der Waals surface area contributed by atoms with Crippen LogP contribution in [-0.4, -0.2) is 27.6 Å². The van der Waals surface area contributed by atoms with Gasteiger partial charge in [0.15, 0.2) is 0 Å². The number of carbonyl (C=O) groups excluding carboxylic acids is 1. The van der Waals surface area contributed by atoms with E-state index in [0.717, 1.165) is 5.82 Å². The van der Waals surface area contributed by atoms with Gasteiger partial charge >= 0.3 is 5.97 Å². The van der Waals surface area contributed by atoms with Crippen LogP contribution in [0.3, 0.4) is 0 Å². The van der Waals surface area contributed by atoms with Crippen LogP contribution < -0.4 is 5.32 Å². The van der Waals surface area contributed by atoms with Crippen LogP contribution in [0.5, 0.6) is 0 Å². The molecule has 6 nitrogen and oxygen atoms in total. The number of hydrogen-bond donors (Lipinski definition) is 1. The van der Waals surface area contributed by atoms with Crippen molar-refractivity contribution in [2.75, 3.05) is 7.11 Å². The number of carbonyl (C=O) groups is 1. The highest BCUT2D eigenvalue weighted by molar-refractivity contribution is 5.90. The van der Waals surface area contributed by atoms with E-state index in [1.165, 1.54) is 7.11 Å². The van der Waals surface area contributed by atoms with Gasteiger partial charge in [-0.2, -0.15) is 0 Å². The molecule has 100 valence electrons.